The summed E-state index contributed by atoms with van der Waals surface area (Å²) in [5.41, 5.74) is 0.562. The molecule has 3 aliphatic rings. The van der Waals surface area contributed by atoms with E-state index < -0.39 is 23.0 Å². The molecule has 8 atom stereocenters. The molecule has 42 heavy (non-hydrogen) atoms. The molecule has 0 radical (unpaired) electrons. The van der Waals surface area contributed by atoms with Crippen LogP contribution >= 0.6 is 23.1 Å². The minimum Gasteiger partial charge on any atom is -0.461 e. The van der Waals surface area contributed by atoms with Gasteiger partial charge < -0.3 is 9.84 Å². The normalized spacial score (nSPS) is 36.1. The largest absolute Gasteiger partial charge is 0.461 e. The number of pyridine rings is 1. The number of ketones is 1. The summed E-state index contributed by atoms with van der Waals surface area (Å²) in [6, 6.07) is 4.18. The van der Waals surface area contributed by atoms with Crippen LogP contribution in [0.1, 0.15) is 79.6 Å². The number of hydrogen-bond acceptors (Lipinski definition) is 7. The zero-order valence-electron chi connectivity index (χ0n) is 25.8. The number of carbonyl (C=O) groups excluding carboxylic acids is 2. The molecule has 0 unspecified atom stereocenters. The summed E-state index contributed by atoms with van der Waals surface area (Å²) in [5.74, 6) is 0.0729. The Morgan fingerprint density at radius 3 is 2.71 bits per heavy atom. The molecule has 2 heterocycles. The summed E-state index contributed by atoms with van der Waals surface area (Å²) in [6.07, 6.45) is 10.9. The Labute approximate surface area is 259 Å². The average molecular weight is 612 g/mol. The van der Waals surface area contributed by atoms with Crippen molar-refractivity contribution in [2.45, 2.75) is 103 Å². The zero-order chi connectivity index (χ0) is 30.3. The maximum atomic E-state index is 13.6. The first-order valence-electron chi connectivity index (χ1n) is 15.6. The van der Waals surface area contributed by atoms with Gasteiger partial charge in [-0.15, -0.1) is 17.9 Å². The summed E-state index contributed by atoms with van der Waals surface area (Å²) >= 11 is 2.93. The molecule has 2 bridgehead atoms. The van der Waals surface area contributed by atoms with Crippen molar-refractivity contribution in [1.29, 1.82) is 0 Å². The third-order valence-electron chi connectivity index (χ3n) is 11.3. The second kappa shape index (κ2) is 12.2. The Morgan fingerprint density at radius 2 is 2.02 bits per heavy atom. The van der Waals surface area contributed by atoms with Gasteiger partial charge in [0.2, 0.25) is 0 Å². The van der Waals surface area contributed by atoms with E-state index in [1.807, 2.05) is 18.4 Å². The molecular weight excluding hydrogens is 565 g/mol. The fraction of sp³-hybridized carbons (Fsp3) is 0.647. The van der Waals surface area contributed by atoms with Gasteiger partial charge in [-0.2, -0.15) is 0 Å². The number of thioether (sulfide) groups is 1. The molecule has 228 valence electrons. The fourth-order valence-corrected chi connectivity index (χ4v) is 10.0. The van der Waals surface area contributed by atoms with E-state index in [9.17, 15) is 14.7 Å². The zero-order valence-corrected chi connectivity index (χ0v) is 27.4. The van der Waals surface area contributed by atoms with Crippen molar-refractivity contribution in [1.82, 2.24) is 4.98 Å². The monoisotopic (exact) mass is 611 g/mol. The van der Waals surface area contributed by atoms with Gasteiger partial charge in [-0.1, -0.05) is 58.9 Å². The van der Waals surface area contributed by atoms with Crippen molar-refractivity contribution < 1.29 is 24.0 Å². The van der Waals surface area contributed by atoms with Crippen molar-refractivity contribution >= 4 is 34.9 Å². The number of carbonyl (C=O) groups is 2. The molecule has 2 aromatic rings. The Balaban J connectivity index is 1.33. The van der Waals surface area contributed by atoms with Crippen LogP contribution in [0.25, 0.3) is 11.3 Å². The average Bonchev–Trinajstić information content (AvgIpc) is 3.61. The molecule has 0 aromatic carbocycles. The molecule has 3 saturated carbocycles. The molecule has 2 aromatic heterocycles. The second-order valence-electron chi connectivity index (χ2n) is 13.5. The molecule has 5 rings (SSSR count). The van der Waals surface area contributed by atoms with Gasteiger partial charge in [0.05, 0.1) is 17.6 Å². The van der Waals surface area contributed by atoms with Crippen LogP contribution in [0.4, 0.5) is 0 Å². The Hall–Kier alpha value is -2.03. The number of aliphatic hydroxyl groups is 1. The first kappa shape index (κ1) is 31.4. The third kappa shape index (κ3) is 5.41. The van der Waals surface area contributed by atoms with E-state index in [2.05, 4.69) is 63.4 Å². The topological polar surface area (TPSA) is 80.4 Å². The predicted octanol–water partition coefficient (Wildman–Crippen LogP) is 6.90. The van der Waals surface area contributed by atoms with Crippen LogP contribution in [-0.2, 0) is 20.9 Å². The number of rotatable bonds is 9. The maximum absolute atomic E-state index is 13.6. The van der Waals surface area contributed by atoms with Crippen molar-refractivity contribution in [3.05, 3.63) is 42.6 Å². The van der Waals surface area contributed by atoms with Crippen LogP contribution in [0, 0.1) is 34.0 Å². The highest BCUT2D eigenvalue weighted by Crippen LogP contribution is 2.68. The van der Waals surface area contributed by atoms with Gasteiger partial charge in [0.15, 0.2) is 16.7 Å². The Bertz CT molecular complexity index is 1310. The van der Waals surface area contributed by atoms with Crippen LogP contribution in [-0.4, -0.2) is 39.8 Å². The number of aromatic nitrogens is 2. The Kier molecular flexibility index (Phi) is 9.09. The van der Waals surface area contributed by atoms with Crippen LogP contribution in [0.5, 0.6) is 0 Å². The number of thiazole rings is 1. The van der Waals surface area contributed by atoms with Gasteiger partial charge in [-0.05, 0) is 42.9 Å². The van der Waals surface area contributed by atoms with E-state index in [1.54, 1.807) is 0 Å². The lowest BCUT2D eigenvalue weighted by molar-refractivity contribution is -0.697. The SMILES string of the molecule is C=C[C@]1(C)C[C@@H](OC(=O)CSc2nc(-c3cc[n+](CCCC)cc3)cs2)[C@]2(C)[C@H](C)CC[C@]3(CCC(=O)[C@H]32)[C@@H](C)[C@@H]1O. The molecule has 3 aliphatic carbocycles. The van der Waals surface area contributed by atoms with Gasteiger partial charge in [0.1, 0.15) is 18.4 Å². The first-order valence-corrected chi connectivity index (χ1v) is 17.5. The van der Waals surface area contributed by atoms with Crippen molar-refractivity contribution in [2.24, 2.45) is 34.0 Å². The van der Waals surface area contributed by atoms with Gasteiger partial charge in [-0.25, -0.2) is 9.55 Å². The number of esters is 1. The van der Waals surface area contributed by atoms with Crippen LogP contribution in [0.3, 0.4) is 0 Å². The summed E-state index contributed by atoms with van der Waals surface area (Å²) in [6.45, 7) is 15.8. The molecule has 0 spiro atoms. The predicted molar refractivity (Wildman–Crippen MR) is 168 cm³/mol. The molecule has 3 fully saturated rings. The van der Waals surface area contributed by atoms with Gasteiger partial charge >= 0.3 is 5.97 Å². The van der Waals surface area contributed by atoms with E-state index in [4.69, 9.17) is 9.72 Å². The maximum Gasteiger partial charge on any atom is 0.316 e. The van der Waals surface area contributed by atoms with Crippen molar-refractivity contribution in [2.75, 3.05) is 5.75 Å². The number of hydrogen-bond donors (Lipinski definition) is 1. The molecule has 1 N–H and O–H groups in total. The van der Waals surface area contributed by atoms with E-state index in [0.29, 0.717) is 12.8 Å². The summed E-state index contributed by atoms with van der Waals surface area (Å²) in [7, 11) is 0. The number of Topliss-reactive ketones (excluding diaryl/α,β-unsaturated/α-hetero) is 1. The minimum atomic E-state index is -0.662. The molecule has 0 amide bonds. The van der Waals surface area contributed by atoms with Crippen molar-refractivity contribution in [3.63, 3.8) is 0 Å². The summed E-state index contributed by atoms with van der Waals surface area (Å²) in [4.78, 5) is 31.8. The first-order chi connectivity index (χ1) is 20.0. The van der Waals surface area contributed by atoms with Crippen LogP contribution in [0.15, 0.2) is 46.9 Å². The van der Waals surface area contributed by atoms with E-state index in [-0.39, 0.29) is 40.7 Å². The highest BCUT2D eigenvalue weighted by atomic mass is 32.2. The highest BCUT2D eigenvalue weighted by Gasteiger charge is 2.68. The summed E-state index contributed by atoms with van der Waals surface area (Å²) < 4.78 is 9.39. The smallest absolute Gasteiger partial charge is 0.316 e. The van der Waals surface area contributed by atoms with Gasteiger partial charge in [0.25, 0.3) is 0 Å². The van der Waals surface area contributed by atoms with Crippen molar-refractivity contribution in [3.8, 4) is 11.3 Å². The number of nitrogens with zero attached hydrogens (tertiary/aromatic N) is 2. The lowest BCUT2D eigenvalue weighted by atomic mass is 9.44. The van der Waals surface area contributed by atoms with Crippen LogP contribution < -0.4 is 4.57 Å². The molecule has 6 nitrogen and oxygen atoms in total. The number of aryl methyl sites for hydroxylation is 1. The Morgan fingerprint density at radius 1 is 1.29 bits per heavy atom. The highest BCUT2D eigenvalue weighted by molar-refractivity contribution is 8.01. The summed E-state index contributed by atoms with van der Waals surface area (Å²) in [5, 5.41) is 13.7. The number of aliphatic hydroxyl groups excluding tert-OH is 1. The van der Waals surface area contributed by atoms with Gasteiger partial charge in [0, 0.05) is 52.7 Å². The van der Waals surface area contributed by atoms with Crippen LogP contribution in [0.2, 0.25) is 0 Å². The molecule has 0 saturated heterocycles. The molecule has 8 heteroatoms. The van der Waals surface area contributed by atoms with E-state index in [1.165, 1.54) is 23.1 Å². The number of unbranched alkanes of at least 4 members (excludes halogenated alkanes) is 1. The number of ether oxygens (including phenoxy) is 1. The lowest BCUT2D eigenvalue weighted by Crippen LogP contribution is -2.63. The van der Waals surface area contributed by atoms with E-state index in [0.717, 1.165) is 54.2 Å². The lowest BCUT2D eigenvalue weighted by Gasteiger charge is -2.61. The third-order valence-corrected chi connectivity index (χ3v) is 13.3. The van der Waals surface area contributed by atoms with E-state index >= 15 is 0 Å². The molecular formula is C34H47N2O4S2+. The minimum absolute atomic E-state index is 0.0405. The standard InChI is InChI=1S/C34H47N2O4S2/c1-7-9-16-36-17-12-24(13-18-36)25-20-41-31(35-25)42-21-28(38)40-27-19-32(5,8-2)30(39)23(4)34-14-10-22(3)33(27,6)29(34)26(37)11-15-34/h8,12-13,17-18,20,22-23,27,29-30,39H,2,7,9-11,14-16,19,21H2,1,3-6H3/q+1/t22-,23+,27-,29+,30+,32-,33+,34+/m1/s1. The van der Waals surface area contributed by atoms with Gasteiger partial charge in [-0.3, -0.25) is 9.59 Å². The fourth-order valence-electron chi connectivity index (χ4n) is 8.39. The quantitative estimate of drug-likeness (QED) is 0.144. The molecule has 0 aliphatic heterocycles. The second-order valence-corrected chi connectivity index (χ2v) is 15.6.